The summed E-state index contributed by atoms with van der Waals surface area (Å²) >= 11 is 5.89. The first-order valence-electron chi connectivity index (χ1n) is 7.18. The molecule has 0 aromatic heterocycles. The van der Waals surface area contributed by atoms with Crippen molar-refractivity contribution in [2.75, 3.05) is 37.5 Å². The first kappa shape index (κ1) is 17.1. The average Bonchev–Trinajstić information content (AvgIpc) is 2.55. The fourth-order valence-corrected chi connectivity index (χ4v) is 2.05. The van der Waals surface area contributed by atoms with Gasteiger partial charge >= 0.3 is 0 Å². The van der Waals surface area contributed by atoms with Gasteiger partial charge in [0.1, 0.15) is 12.4 Å². The summed E-state index contributed by atoms with van der Waals surface area (Å²) in [5.74, 6) is 0.593. The van der Waals surface area contributed by atoms with E-state index in [-0.39, 0.29) is 12.5 Å². The maximum atomic E-state index is 11.9. The van der Waals surface area contributed by atoms with Crippen molar-refractivity contribution in [2.24, 2.45) is 0 Å². The van der Waals surface area contributed by atoms with Crippen LogP contribution in [0.1, 0.15) is 0 Å². The molecule has 0 aliphatic heterocycles. The molecule has 5 nitrogen and oxygen atoms in total. The Hall–Kier alpha value is -2.24. The zero-order chi connectivity index (χ0) is 16.5. The van der Waals surface area contributed by atoms with Crippen molar-refractivity contribution in [1.82, 2.24) is 0 Å². The van der Waals surface area contributed by atoms with Crippen LogP contribution in [0.15, 0.2) is 48.5 Å². The number of nitrogens with one attached hydrogen (secondary N) is 2. The standard InChI is InChI=1S/C17H19ClN2O3/c1-22-9-10-23-16-7-5-14(6-8-16)20-17(21)12-19-15-4-2-3-13(18)11-15/h2-8,11,19H,9-10,12H2,1H3,(H,20,21). The van der Waals surface area contributed by atoms with Crippen molar-refractivity contribution in [3.8, 4) is 5.75 Å². The lowest BCUT2D eigenvalue weighted by molar-refractivity contribution is -0.114. The van der Waals surface area contributed by atoms with Crippen LogP contribution in [0.2, 0.25) is 5.02 Å². The lowest BCUT2D eigenvalue weighted by atomic mass is 10.3. The predicted octanol–water partition coefficient (Wildman–Crippen LogP) is 3.42. The Labute approximate surface area is 140 Å². The monoisotopic (exact) mass is 334 g/mol. The fourth-order valence-electron chi connectivity index (χ4n) is 1.86. The van der Waals surface area contributed by atoms with Crippen LogP contribution in [-0.4, -0.2) is 32.8 Å². The van der Waals surface area contributed by atoms with E-state index in [1.807, 2.05) is 12.1 Å². The molecule has 0 heterocycles. The molecule has 0 fully saturated rings. The summed E-state index contributed by atoms with van der Waals surface area (Å²) in [6.45, 7) is 1.19. The van der Waals surface area contributed by atoms with E-state index >= 15 is 0 Å². The van der Waals surface area contributed by atoms with Gasteiger partial charge in [-0.25, -0.2) is 0 Å². The van der Waals surface area contributed by atoms with E-state index in [1.165, 1.54) is 0 Å². The first-order valence-corrected chi connectivity index (χ1v) is 7.56. The number of benzene rings is 2. The molecule has 122 valence electrons. The topological polar surface area (TPSA) is 59.6 Å². The van der Waals surface area contributed by atoms with Gasteiger partial charge in [0, 0.05) is 23.5 Å². The fraction of sp³-hybridized carbons (Fsp3) is 0.235. The number of rotatable bonds is 8. The second kappa shape index (κ2) is 9.02. The van der Waals surface area contributed by atoms with Crippen molar-refractivity contribution in [3.05, 3.63) is 53.6 Å². The van der Waals surface area contributed by atoms with Gasteiger partial charge < -0.3 is 20.1 Å². The predicted molar refractivity (Wildman–Crippen MR) is 92.4 cm³/mol. The molecular weight excluding hydrogens is 316 g/mol. The summed E-state index contributed by atoms with van der Waals surface area (Å²) in [5.41, 5.74) is 1.51. The lowest BCUT2D eigenvalue weighted by Gasteiger charge is -2.09. The molecule has 2 aromatic rings. The highest BCUT2D eigenvalue weighted by Gasteiger charge is 2.03. The molecule has 0 unspecified atom stereocenters. The summed E-state index contributed by atoms with van der Waals surface area (Å²) in [7, 11) is 1.62. The zero-order valence-electron chi connectivity index (χ0n) is 12.8. The van der Waals surface area contributed by atoms with Crippen molar-refractivity contribution in [2.45, 2.75) is 0 Å². The van der Waals surface area contributed by atoms with Gasteiger partial charge in [-0.2, -0.15) is 0 Å². The van der Waals surface area contributed by atoms with Crippen LogP contribution in [0.25, 0.3) is 0 Å². The minimum atomic E-state index is -0.141. The zero-order valence-corrected chi connectivity index (χ0v) is 13.6. The van der Waals surface area contributed by atoms with E-state index in [1.54, 1.807) is 43.5 Å². The van der Waals surface area contributed by atoms with Crippen LogP contribution < -0.4 is 15.4 Å². The molecule has 0 saturated heterocycles. The number of halogens is 1. The molecule has 0 aliphatic rings. The van der Waals surface area contributed by atoms with Gasteiger partial charge in [-0.05, 0) is 42.5 Å². The van der Waals surface area contributed by atoms with Gasteiger partial charge in [-0.3, -0.25) is 4.79 Å². The Morgan fingerprint density at radius 3 is 2.57 bits per heavy atom. The maximum absolute atomic E-state index is 11.9. The van der Waals surface area contributed by atoms with Crippen molar-refractivity contribution in [3.63, 3.8) is 0 Å². The second-order valence-electron chi connectivity index (χ2n) is 4.78. The average molecular weight is 335 g/mol. The summed E-state index contributed by atoms with van der Waals surface area (Å²) in [5, 5.41) is 6.45. The van der Waals surface area contributed by atoms with Crippen molar-refractivity contribution >= 4 is 28.9 Å². The van der Waals surface area contributed by atoms with Gasteiger partial charge in [0.05, 0.1) is 13.2 Å². The minimum absolute atomic E-state index is 0.141. The molecule has 2 rings (SSSR count). The van der Waals surface area contributed by atoms with Gasteiger partial charge in [-0.15, -0.1) is 0 Å². The third-order valence-electron chi connectivity index (χ3n) is 2.97. The Bertz CT molecular complexity index is 632. The van der Waals surface area contributed by atoms with E-state index in [2.05, 4.69) is 10.6 Å². The van der Waals surface area contributed by atoms with Gasteiger partial charge in [0.15, 0.2) is 0 Å². The molecule has 0 radical (unpaired) electrons. The van der Waals surface area contributed by atoms with Crippen molar-refractivity contribution < 1.29 is 14.3 Å². The molecule has 0 saturated carbocycles. The highest BCUT2D eigenvalue weighted by molar-refractivity contribution is 6.30. The minimum Gasteiger partial charge on any atom is -0.491 e. The smallest absolute Gasteiger partial charge is 0.243 e. The Morgan fingerprint density at radius 1 is 1.09 bits per heavy atom. The lowest BCUT2D eigenvalue weighted by Crippen LogP contribution is -2.21. The second-order valence-corrected chi connectivity index (χ2v) is 5.21. The summed E-state index contributed by atoms with van der Waals surface area (Å²) in [6.07, 6.45) is 0. The Morgan fingerprint density at radius 2 is 1.87 bits per heavy atom. The molecule has 1 amide bonds. The Balaban J connectivity index is 1.78. The first-order chi connectivity index (χ1) is 11.2. The quantitative estimate of drug-likeness (QED) is 0.726. The largest absolute Gasteiger partial charge is 0.491 e. The highest BCUT2D eigenvalue weighted by atomic mass is 35.5. The number of methoxy groups -OCH3 is 1. The molecule has 0 aliphatic carbocycles. The Kier molecular flexibility index (Phi) is 6.72. The van der Waals surface area contributed by atoms with Crippen LogP contribution in [0.5, 0.6) is 5.75 Å². The number of carbonyl (C=O) groups excluding carboxylic acids is 1. The SMILES string of the molecule is COCCOc1ccc(NC(=O)CNc2cccc(Cl)c2)cc1. The van der Waals surface area contributed by atoms with Gasteiger partial charge in [-0.1, -0.05) is 17.7 Å². The van der Waals surface area contributed by atoms with Crippen LogP contribution in [0.4, 0.5) is 11.4 Å². The number of anilines is 2. The molecular formula is C17H19ClN2O3. The summed E-state index contributed by atoms with van der Waals surface area (Å²) in [4.78, 5) is 11.9. The molecule has 0 bridgehead atoms. The van der Waals surface area contributed by atoms with E-state index in [0.29, 0.717) is 23.9 Å². The van der Waals surface area contributed by atoms with E-state index in [0.717, 1.165) is 11.4 Å². The number of carbonyl (C=O) groups is 1. The highest BCUT2D eigenvalue weighted by Crippen LogP contribution is 2.16. The normalized spacial score (nSPS) is 10.2. The molecule has 6 heteroatoms. The van der Waals surface area contributed by atoms with E-state index < -0.39 is 0 Å². The molecule has 2 aromatic carbocycles. The third-order valence-corrected chi connectivity index (χ3v) is 3.21. The third kappa shape index (κ3) is 6.18. The molecule has 0 atom stereocenters. The van der Waals surface area contributed by atoms with E-state index in [4.69, 9.17) is 21.1 Å². The van der Waals surface area contributed by atoms with Crippen LogP contribution in [-0.2, 0) is 9.53 Å². The summed E-state index contributed by atoms with van der Waals surface area (Å²) in [6, 6.07) is 14.4. The van der Waals surface area contributed by atoms with Crippen molar-refractivity contribution in [1.29, 1.82) is 0 Å². The van der Waals surface area contributed by atoms with Gasteiger partial charge in [0.25, 0.3) is 0 Å². The van der Waals surface area contributed by atoms with E-state index in [9.17, 15) is 4.79 Å². The molecule has 0 spiro atoms. The number of hydrogen-bond donors (Lipinski definition) is 2. The molecule has 2 N–H and O–H groups in total. The van der Waals surface area contributed by atoms with Crippen LogP contribution >= 0.6 is 11.6 Å². The number of hydrogen-bond acceptors (Lipinski definition) is 4. The summed E-state index contributed by atoms with van der Waals surface area (Å²) < 4.78 is 10.4. The molecule has 23 heavy (non-hydrogen) atoms. The van der Waals surface area contributed by atoms with Crippen LogP contribution in [0, 0.1) is 0 Å². The number of ether oxygens (including phenoxy) is 2. The van der Waals surface area contributed by atoms with Crippen LogP contribution in [0.3, 0.4) is 0 Å². The number of amides is 1. The maximum Gasteiger partial charge on any atom is 0.243 e. The van der Waals surface area contributed by atoms with Gasteiger partial charge in [0.2, 0.25) is 5.91 Å².